The third-order valence-corrected chi connectivity index (χ3v) is 5.87. The van der Waals surface area contributed by atoms with Gasteiger partial charge >= 0.3 is 12.0 Å². The van der Waals surface area contributed by atoms with E-state index in [9.17, 15) is 14.4 Å². The maximum atomic E-state index is 13.3. The Kier molecular flexibility index (Phi) is 7.17. The van der Waals surface area contributed by atoms with E-state index in [4.69, 9.17) is 21.1 Å². The first-order valence-corrected chi connectivity index (χ1v) is 11.2. The molecular weight excluding hydrogens is 468 g/mol. The number of esters is 1. The van der Waals surface area contributed by atoms with Crippen molar-refractivity contribution in [1.82, 2.24) is 10.6 Å². The lowest BCUT2D eigenvalue weighted by molar-refractivity contribution is 0.0600. The van der Waals surface area contributed by atoms with Crippen molar-refractivity contribution in [3.8, 4) is 5.75 Å². The first-order chi connectivity index (χ1) is 16.9. The number of ketones is 1. The summed E-state index contributed by atoms with van der Waals surface area (Å²) in [6.45, 7) is 2.02. The van der Waals surface area contributed by atoms with Gasteiger partial charge in [-0.1, -0.05) is 35.9 Å². The Hall–Kier alpha value is -4.10. The van der Waals surface area contributed by atoms with Gasteiger partial charge in [-0.3, -0.25) is 4.79 Å². The zero-order chi connectivity index (χ0) is 24.9. The third kappa shape index (κ3) is 5.53. The number of rotatable bonds is 7. The minimum absolute atomic E-state index is 0.201. The van der Waals surface area contributed by atoms with Gasteiger partial charge in [-0.2, -0.15) is 0 Å². The van der Waals surface area contributed by atoms with Crippen LogP contribution in [-0.2, 0) is 11.3 Å². The Bertz CT molecular complexity index is 1280. The van der Waals surface area contributed by atoms with E-state index in [1.807, 2.05) is 12.1 Å². The van der Waals surface area contributed by atoms with Crippen molar-refractivity contribution < 1.29 is 23.9 Å². The van der Waals surface area contributed by atoms with Crippen LogP contribution in [0.5, 0.6) is 5.75 Å². The molecule has 8 heteroatoms. The second-order valence-corrected chi connectivity index (χ2v) is 8.39. The summed E-state index contributed by atoms with van der Waals surface area (Å²) < 4.78 is 10.6. The highest BCUT2D eigenvalue weighted by Gasteiger charge is 2.31. The van der Waals surface area contributed by atoms with Gasteiger partial charge in [0.05, 0.1) is 18.7 Å². The van der Waals surface area contributed by atoms with Crippen molar-refractivity contribution >= 4 is 29.4 Å². The van der Waals surface area contributed by atoms with E-state index >= 15 is 0 Å². The van der Waals surface area contributed by atoms with Gasteiger partial charge in [0.15, 0.2) is 5.78 Å². The number of halogens is 1. The van der Waals surface area contributed by atoms with E-state index < -0.39 is 12.0 Å². The molecule has 0 saturated carbocycles. The van der Waals surface area contributed by atoms with Crippen LogP contribution >= 0.6 is 11.6 Å². The largest absolute Gasteiger partial charge is 0.489 e. The Labute approximate surface area is 207 Å². The molecular formula is C27H23ClN2O5. The molecule has 3 aromatic carbocycles. The van der Waals surface area contributed by atoms with Gasteiger partial charge in [0.1, 0.15) is 12.4 Å². The van der Waals surface area contributed by atoms with Crippen LogP contribution in [0.25, 0.3) is 0 Å². The molecule has 178 valence electrons. The molecule has 1 heterocycles. The molecule has 35 heavy (non-hydrogen) atoms. The number of amides is 2. The summed E-state index contributed by atoms with van der Waals surface area (Å²) >= 11 is 5.96. The average Bonchev–Trinajstić information content (AvgIpc) is 2.87. The number of carbonyl (C=O) groups is 3. The maximum Gasteiger partial charge on any atom is 0.337 e. The zero-order valence-corrected chi connectivity index (χ0v) is 19.9. The normalized spacial score (nSPS) is 15.2. The number of hydrogen-bond donors (Lipinski definition) is 2. The lowest BCUT2D eigenvalue weighted by atomic mass is 9.89. The van der Waals surface area contributed by atoms with Crippen molar-refractivity contribution in [2.24, 2.45) is 0 Å². The van der Waals surface area contributed by atoms with E-state index in [1.54, 1.807) is 67.6 Å². The molecule has 1 aliphatic rings. The van der Waals surface area contributed by atoms with Crippen LogP contribution in [0.15, 0.2) is 84.1 Å². The fraction of sp³-hybridized carbons (Fsp3) is 0.148. The van der Waals surface area contributed by atoms with Crippen LogP contribution in [0.3, 0.4) is 0 Å². The van der Waals surface area contributed by atoms with Crippen LogP contribution in [0.2, 0.25) is 5.02 Å². The lowest BCUT2D eigenvalue weighted by Crippen LogP contribution is -2.45. The first-order valence-electron chi connectivity index (χ1n) is 10.8. The van der Waals surface area contributed by atoms with Crippen LogP contribution in [0.4, 0.5) is 4.79 Å². The molecule has 3 aromatic rings. The predicted molar refractivity (Wildman–Crippen MR) is 131 cm³/mol. The molecule has 0 radical (unpaired) electrons. The van der Waals surface area contributed by atoms with Crippen LogP contribution < -0.4 is 15.4 Å². The summed E-state index contributed by atoms with van der Waals surface area (Å²) in [6, 6.07) is 19.8. The molecule has 0 bridgehead atoms. The fourth-order valence-corrected chi connectivity index (χ4v) is 3.91. The van der Waals surface area contributed by atoms with Crippen molar-refractivity contribution in [3.05, 3.63) is 111 Å². The number of allylic oxidation sites excluding steroid dienone is 1. The van der Waals surface area contributed by atoms with Crippen molar-refractivity contribution in [2.75, 3.05) is 7.11 Å². The molecule has 4 rings (SSSR count). The second-order valence-electron chi connectivity index (χ2n) is 7.95. The number of carbonyl (C=O) groups excluding carboxylic acids is 3. The highest BCUT2D eigenvalue weighted by molar-refractivity contribution is 6.30. The summed E-state index contributed by atoms with van der Waals surface area (Å²) in [5.74, 6) is 0.0287. The molecule has 0 unspecified atom stereocenters. The molecule has 0 fully saturated rings. The molecule has 0 aromatic heterocycles. The lowest BCUT2D eigenvalue weighted by Gasteiger charge is -2.28. The van der Waals surface area contributed by atoms with Crippen molar-refractivity contribution in [3.63, 3.8) is 0 Å². The number of Topliss-reactive ketones (excluding diaryl/α,β-unsaturated/α-hetero) is 1. The molecule has 1 atom stereocenters. The minimum atomic E-state index is -0.619. The third-order valence-electron chi connectivity index (χ3n) is 5.61. The van der Waals surface area contributed by atoms with E-state index in [0.717, 1.165) is 11.1 Å². The highest BCUT2D eigenvalue weighted by Crippen LogP contribution is 2.31. The molecule has 0 saturated heterocycles. The van der Waals surface area contributed by atoms with E-state index in [-0.39, 0.29) is 11.8 Å². The van der Waals surface area contributed by atoms with Gasteiger partial charge in [-0.15, -0.1) is 0 Å². The van der Waals surface area contributed by atoms with Gasteiger partial charge in [-0.05, 0) is 66.6 Å². The van der Waals surface area contributed by atoms with Crippen LogP contribution in [0, 0.1) is 0 Å². The van der Waals surface area contributed by atoms with Gasteiger partial charge in [0, 0.05) is 21.9 Å². The zero-order valence-electron chi connectivity index (χ0n) is 19.1. The first kappa shape index (κ1) is 24.0. The summed E-state index contributed by atoms with van der Waals surface area (Å²) in [7, 11) is 1.34. The Balaban J connectivity index is 1.50. The monoisotopic (exact) mass is 490 g/mol. The Morgan fingerprint density at radius 1 is 0.914 bits per heavy atom. The molecule has 0 aliphatic carbocycles. The van der Waals surface area contributed by atoms with E-state index in [0.29, 0.717) is 39.8 Å². The standard InChI is InChI=1S/C27H23ClN2O5/c1-16-23(25(31)19-7-11-21(28)12-8-19)24(30-27(33)29-16)18-9-13-22(14-10-18)35-15-17-3-5-20(6-4-17)26(32)34-2/h3-14,24H,15H2,1-2H3,(H2,29,30,33)/t24-/m0/s1. The topological polar surface area (TPSA) is 93.7 Å². The van der Waals surface area contributed by atoms with Gasteiger partial charge in [0.2, 0.25) is 0 Å². The molecule has 0 spiro atoms. The highest BCUT2D eigenvalue weighted by atomic mass is 35.5. The number of nitrogens with one attached hydrogen (secondary N) is 2. The number of ether oxygens (including phenoxy) is 2. The van der Waals surface area contributed by atoms with Crippen molar-refractivity contribution in [2.45, 2.75) is 19.6 Å². The molecule has 1 aliphatic heterocycles. The number of urea groups is 1. The number of methoxy groups -OCH3 is 1. The molecule has 2 amide bonds. The Morgan fingerprint density at radius 2 is 1.54 bits per heavy atom. The fourth-order valence-electron chi connectivity index (χ4n) is 3.78. The summed E-state index contributed by atoms with van der Waals surface area (Å²) in [4.78, 5) is 37.0. The summed E-state index contributed by atoms with van der Waals surface area (Å²) in [6.07, 6.45) is 0. The van der Waals surface area contributed by atoms with Gasteiger partial charge < -0.3 is 20.1 Å². The van der Waals surface area contributed by atoms with Gasteiger partial charge in [0.25, 0.3) is 0 Å². The maximum absolute atomic E-state index is 13.3. The number of benzene rings is 3. The quantitative estimate of drug-likeness (QED) is 0.350. The predicted octanol–water partition coefficient (Wildman–Crippen LogP) is 5.22. The Morgan fingerprint density at radius 3 is 2.17 bits per heavy atom. The van der Waals surface area contributed by atoms with E-state index in [2.05, 4.69) is 10.6 Å². The smallest absolute Gasteiger partial charge is 0.337 e. The van der Waals surface area contributed by atoms with Gasteiger partial charge in [-0.25, -0.2) is 9.59 Å². The van der Waals surface area contributed by atoms with Crippen molar-refractivity contribution in [1.29, 1.82) is 0 Å². The van der Waals surface area contributed by atoms with Crippen LogP contribution in [0.1, 0.15) is 44.8 Å². The molecule has 2 N–H and O–H groups in total. The summed E-state index contributed by atoms with van der Waals surface area (Å²) in [5.41, 5.74) is 3.52. The van der Waals surface area contributed by atoms with E-state index in [1.165, 1.54) is 7.11 Å². The SMILES string of the molecule is COC(=O)c1ccc(COc2ccc([C@@H]3NC(=O)NC(C)=C3C(=O)c3ccc(Cl)cc3)cc2)cc1. The average molecular weight is 491 g/mol. The summed E-state index contributed by atoms with van der Waals surface area (Å²) in [5, 5.41) is 6.06. The minimum Gasteiger partial charge on any atom is -0.489 e. The second kappa shape index (κ2) is 10.4. The number of hydrogen-bond acceptors (Lipinski definition) is 5. The van der Waals surface area contributed by atoms with Crippen LogP contribution in [-0.4, -0.2) is 24.9 Å². The molecule has 7 nitrogen and oxygen atoms in total.